The molecule has 6 nitrogen and oxygen atoms in total. The number of halogens is 2. The largest absolute Gasteiger partial charge is 0.352 e. The van der Waals surface area contributed by atoms with Gasteiger partial charge in [-0.1, -0.05) is 17.3 Å². The van der Waals surface area contributed by atoms with Crippen LogP contribution in [-0.2, 0) is 17.9 Å². The van der Waals surface area contributed by atoms with Crippen LogP contribution in [0.3, 0.4) is 0 Å². The van der Waals surface area contributed by atoms with Crippen LogP contribution in [0, 0.1) is 17.6 Å². The van der Waals surface area contributed by atoms with E-state index in [1.54, 1.807) is 24.3 Å². The summed E-state index contributed by atoms with van der Waals surface area (Å²) in [4.78, 5) is 19.0. The number of hydrogen-bond donors (Lipinski definition) is 1. The SMILES string of the molecule is O=C(NCc1ccc(F)cc1)C1CCN(Cc2nc(-c3ccc(F)cc3)no2)CC1. The van der Waals surface area contributed by atoms with E-state index in [0.29, 0.717) is 30.4 Å². The Morgan fingerprint density at radius 2 is 1.67 bits per heavy atom. The second-order valence-corrected chi connectivity index (χ2v) is 7.41. The van der Waals surface area contributed by atoms with Crippen molar-refractivity contribution in [3.63, 3.8) is 0 Å². The Bertz CT molecular complexity index is 981. The molecule has 0 saturated carbocycles. The normalized spacial score (nSPS) is 15.3. The molecule has 2 heterocycles. The number of nitrogens with one attached hydrogen (secondary N) is 1. The van der Waals surface area contributed by atoms with Gasteiger partial charge < -0.3 is 9.84 Å². The summed E-state index contributed by atoms with van der Waals surface area (Å²) in [5, 5.41) is 6.89. The summed E-state index contributed by atoms with van der Waals surface area (Å²) in [6.45, 7) is 2.41. The lowest BCUT2D eigenvalue weighted by molar-refractivity contribution is -0.126. The first-order valence-corrected chi connectivity index (χ1v) is 9.90. The molecule has 0 bridgehead atoms. The van der Waals surface area contributed by atoms with E-state index < -0.39 is 0 Å². The maximum atomic E-state index is 13.0. The average Bonchev–Trinajstić information content (AvgIpc) is 3.22. The van der Waals surface area contributed by atoms with Crippen molar-refractivity contribution in [1.82, 2.24) is 20.4 Å². The highest BCUT2D eigenvalue weighted by Crippen LogP contribution is 2.21. The lowest BCUT2D eigenvalue weighted by Gasteiger charge is -2.30. The van der Waals surface area contributed by atoms with Crippen molar-refractivity contribution in [3.8, 4) is 11.4 Å². The van der Waals surface area contributed by atoms with Gasteiger partial charge >= 0.3 is 0 Å². The van der Waals surface area contributed by atoms with E-state index in [1.165, 1.54) is 24.3 Å². The summed E-state index contributed by atoms with van der Waals surface area (Å²) >= 11 is 0. The molecule has 1 aromatic heterocycles. The fraction of sp³-hybridized carbons (Fsp3) is 0.318. The summed E-state index contributed by atoms with van der Waals surface area (Å²) in [5.74, 6) is 0.304. The molecule has 0 spiro atoms. The van der Waals surface area contributed by atoms with E-state index in [9.17, 15) is 13.6 Å². The van der Waals surface area contributed by atoms with E-state index in [2.05, 4.69) is 20.4 Å². The van der Waals surface area contributed by atoms with Crippen LogP contribution in [0.1, 0.15) is 24.3 Å². The molecule has 1 aliphatic heterocycles. The van der Waals surface area contributed by atoms with Gasteiger partial charge in [0.15, 0.2) is 0 Å². The molecule has 2 aromatic carbocycles. The van der Waals surface area contributed by atoms with Gasteiger partial charge in [-0.2, -0.15) is 4.98 Å². The summed E-state index contributed by atoms with van der Waals surface area (Å²) in [5.41, 5.74) is 1.57. The van der Waals surface area contributed by atoms with Gasteiger partial charge in [0.1, 0.15) is 11.6 Å². The Labute approximate surface area is 172 Å². The molecule has 0 radical (unpaired) electrons. The zero-order valence-corrected chi connectivity index (χ0v) is 16.4. The van der Waals surface area contributed by atoms with Gasteiger partial charge in [0.05, 0.1) is 6.54 Å². The highest BCUT2D eigenvalue weighted by atomic mass is 19.1. The van der Waals surface area contributed by atoms with Gasteiger partial charge in [0.25, 0.3) is 0 Å². The number of rotatable bonds is 6. The van der Waals surface area contributed by atoms with E-state index in [1.807, 2.05) is 0 Å². The van der Waals surface area contributed by atoms with Crippen LogP contribution in [0.4, 0.5) is 8.78 Å². The number of hydrogen-bond acceptors (Lipinski definition) is 5. The predicted molar refractivity (Wildman–Crippen MR) is 106 cm³/mol. The molecule has 30 heavy (non-hydrogen) atoms. The topological polar surface area (TPSA) is 71.3 Å². The molecular weight excluding hydrogens is 390 g/mol. The molecule has 1 aliphatic rings. The van der Waals surface area contributed by atoms with E-state index in [4.69, 9.17) is 4.52 Å². The monoisotopic (exact) mass is 412 g/mol. The van der Waals surface area contributed by atoms with Crippen LogP contribution < -0.4 is 5.32 Å². The Balaban J connectivity index is 1.24. The Morgan fingerprint density at radius 1 is 1.03 bits per heavy atom. The third kappa shape index (κ3) is 5.07. The zero-order chi connectivity index (χ0) is 20.9. The van der Waals surface area contributed by atoms with Crippen molar-refractivity contribution >= 4 is 5.91 Å². The van der Waals surface area contributed by atoms with Gasteiger partial charge in [0, 0.05) is 18.0 Å². The second-order valence-electron chi connectivity index (χ2n) is 7.41. The fourth-order valence-electron chi connectivity index (χ4n) is 3.52. The third-order valence-corrected chi connectivity index (χ3v) is 5.27. The maximum Gasteiger partial charge on any atom is 0.241 e. The van der Waals surface area contributed by atoms with Gasteiger partial charge in [-0.25, -0.2) is 8.78 Å². The number of carbonyl (C=O) groups excluding carboxylic acids is 1. The lowest BCUT2D eigenvalue weighted by Crippen LogP contribution is -2.40. The summed E-state index contributed by atoms with van der Waals surface area (Å²) in [6.07, 6.45) is 1.49. The number of likely N-dealkylation sites (tertiary alicyclic amines) is 1. The van der Waals surface area contributed by atoms with Crippen LogP contribution >= 0.6 is 0 Å². The van der Waals surface area contributed by atoms with Crippen molar-refractivity contribution in [2.45, 2.75) is 25.9 Å². The number of benzene rings is 2. The minimum Gasteiger partial charge on any atom is -0.352 e. The number of nitrogens with zero attached hydrogens (tertiary/aromatic N) is 3. The van der Waals surface area contributed by atoms with Gasteiger partial charge in [-0.05, 0) is 67.9 Å². The molecule has 0 aliphatic carbocycles. The van der Waals surface area contributed by atoms with Crippen molar-refractivity contribution < 1.29 is 18.1 Å². The highest BCUT2D eigenvalue weighted by molar-refractivity contribution is 5.78. The van der Waals surface area contributed by atoms with Crippen LogP contribution in [0.25, 0.3) is 11.4 Å². The summed E-state index contributed by atoms with van der Waals surface area (Å²) in [6, 6.07) is 12.1. The average molecular weight is 412 g/mol. The van der Waals surface area contributed by atoms with E-state index >= 15 is 0 Å². The minimum atomic E-state index is -0.313. The molecular formula is C22H22F2N4O2. The van der Waals surface area contributed by atoms with Gasteiger partial charge in [0.2, 0.25) is 17.6 Å². The smallest absolute Gasteiger partial charge is 0.241 e. The standard InChI is InChI=1S/C22H22F2N4O2/c23-18-5-1-15(2-6-18)13-25-22(29)17-9-11-28(12-10-17)14-20-26-21(27-30-20)16-3-7-19(24)8-4-16/h1-8,17H,9-14H2,(H,25,29). The van der Waals surface area contributed by atoms with E-state index in [0.717, 1.165) is 31.5 Å². The van der Waals surface area contributed by atoms with E-state index in [-0.39, 0.29) is 23.5 Å². The number of amides is 1. The minimum absolute atomic E-state index is 0.0235. The number of carbonyl (C=O) groups is 1. The van der Waals surface area contributed by atoms with Crippen molar-refractivity contribution in [2.24, 2.45) is 5.92 Å². The molecule has 8 heteroatoms. The Hall–Kier alpha value is -3.13. The molecule has 0 atom stereocenters. The maximum absolute atomic E-state index is 13.0. The third-order valence-electron chi connectivity index (χ3n) is 5.27. The molecule has 1 amide bonds. The van der Waals surface area contributed by atoms with Gasteiger partial charge in [-0.15, -0.1) is 0 Å². The van der Waals surface area contributed by atoms with Crippen molar-refractivity contribution in [1.29, 1.82) is 0 Å². The second kappa shape index (κ2) is 9.13. The molecule has 3 aromatic rings. The van der Waals surface area contributed by atoms with Gasteiger partial charge in [-0.3, -0.25) is 9.69 Å². The quantitative estimate of drug-likeness (QED) is 0.671. The van der Waals surface area contributed by atoms with Crippen LogP contribution in [0.2, 0.25) is 0 Å². The zero-order valence-electron chi connectivity index (χ0n) is 16.4. The Kier molecular flexibility index (Phi) is 6.13. The highest BCUT2D eigenvalue weighted by Gasteiger charge is 2.25. The number of piperidine rings is 1. The summed E-state index contributed by atoms with van der Waals surface area (Å²) < 4.78 is 31.3. The van der Waals surface area contributed by atoms with Crippen LogP contribution in [-0.4, -0.2) is 34.0 Å². The van der Waals surface area contributed by atoms with Crippen molar-refractivity contribution in [2.75, 3.05) is 13.1 Å². The fourth-order valence-corrected chi connectivity index (χ4v) is 3.52. The molecule has 1 N–H and O–H groups in total. The molecule has 0 unspecified atom stereocenters. The first kappa shape index (κ1) is 20.2. The Morgan fingerprint density at radius 3 is 2.33 bits per heavy atom. The predicted octanol–water partition coefficient (Wildman–Crippen LogP) is 3.54. The lowest BCUT2D eigenvalue weighted by atomic mass is 9.96. The first-order chi connectivity index (χ1) is 14.6. The van der Waals surface area contributed by atoms with Crippen LogP contribution in [0.15, 0.2) is 53.1 Å². The molecule has 4 rings (SSSR count). The van der Waals surface area contributed by atoms with Crippen molar-refractivity contribution in [3.05, 3.63) is 71.6 Å². The molecule has 1 fully saturated rings. The first-order valence-electron chi connectivity index (χ1n) is 9.90. The number of aromatic nitrogens is 2. The summed E-state index contributed by atoms with van der Waals surface area (Å²) in [7, 11) is 0. The van der Waals surface area contributed by atoms with Crippen LogP contribution in [0.5, 0.6) is 0 Å². The molecule has 156 valence electrons. The molecule has 1 saturated heterocycles.